The predicted octanol–water partition coefficient (Wildman–Crippen LogP) is 2.39. The van der Waals surface area contributed by atoms with Crippen LogP contribution in [0, 0.1) is 6.92 Å². The maximum Gasteiger partial charge on any atom is 0.0502 e. The molecular weight excluding hydrogens is 228 g/mol. The van der Waals surface area contributed by atoms with Gasteiger partial charge in [-0.15, -0.1) is 0 Å². The number of pyridine rings is 1. The first-order chi connectivity index (χ1) is 5.97. The molecule has 0 spiro atoms. The molecule has 1 heterocycles. The molecule has 0 saturated carbocycles. The van der Waals surface area contributed by atoms with E-state index >= 15 is 0 Å². The minimum atomic E-state index is -0.0369. The van der Waals surface area contributed by atoms with Crippen LogP contribution in [0.3, 0.4) is 0 Å². The molecule has 0 bridgehead atoms. The van der Waals surface area contributed by atoms with E-state index in [-0.39, 0.29) is 5.41 Å². The van der Waals surface area contributed by atoms with Crippen molar-refractivity contribution in [3.63, 3.8) is 0 Å². The van der Waals surface area contributed by atoms with E-state index in [9.17, 15) is 0 Å². The average Bonchev–Trinajstić information content (AvgIpc) is 2.03. The molecule has 1 aromatic heterocycles. The zero-order chi connectivity index (χ0) is 10.1. The second-order valence-electron chi connectivity index (χ2n) is 3.91. The van der Waals surface area contributed by atoms with Gasteiger partial charge in [-0.25, -0.2) is 0 Å². The second-order valence-corrected chi connectivity index (χ2v) is 4.82. The van der Waals surface area contributed by atoms with Gasteiger partial charge in [0.15, 0.2) is 0 Å². The van der Waals surface area contributed by atoms with Crippen molar-refractivity contribution in [1.82, 2.24) is 4.98 Å². The fraction of sp³-hybridized carbons (Fsp3) is 0.500. The van der Waals surface area contributed by atoms with Gasteiger partial charge in [0.1, 0.15) is 0 Å². The van der Waals surface area contributed by atoms with Crippen molar-refractivity contribution in [2.75, 3.05) is 6.54 Å². The summed E-state index contributed by atoms with van der Waals surface area (Å²) >= 11 is 3.39. The van der Waals surface area contributed by atoms with Gasteiger partial charge in [-0.3, -0.25) is 4.98 Å². The van der Waals surface area contributed by atoms with Crippen molar-refractivity contribution < 1.29 is 0 Å². The summed E-state index contributed by atoms with van der Waals surface area (Å²) in [6, 6.07) is 2.07. The van der Waals surface area contributed by atoms with Crippen LogP contribution in [0.1, 0.15) is 25.1 Å². The first-order valence-corrected chi connectivity index (χ1v) is 5.09. The lowest BCUT2D eigenvalue weighted by Crippen LogP contribution is -2.30. The summed E-state index contributed by atoms with van der Waals surface area (Å²) in [5.74, 6) is 0. The molecule has 0 aliphatic carbocycles. The van der Waals surface area contributed by atoms with Crippen molar-refractivity contribution in [1.29, 1.82) is 0 Å². The van der Waals surface area contributed by atoms with Crippen molar-refractivity contribution in [3.8, 4) is 0 Å². The van der Waals surface area contributed by atoms with Gasteiger partial charge in [-0.1, -0.05) is 13.8 Å². The van der Waals surface area contributed by atoms with E-state index in [1.54, 1.807) is 0 Å². The molecule has 1 rings (SSSR count). The first-order valence-electron chi connectivity index (χ1n) is 4.30. The van der Waals surface area contributed by atoms with Crippen LogP contribution in [0.5, 0.6) is 0 Å². The number of hydrogen-bond acceptors (Lipinski definition) is 2. The molecule has 0 aliphatic rings. The maximum atomic E-state index is 5.69. The third kappa shape index (κ3) is 2.29. The largest absolute Gasteiger partial charge is 0.330 e. The minimum absolute atomic E-state index is 0.0369. The minimum Gasteiger partial charge on any atom is -0.330 e. The molecule has 0 aliphatic heterocycles. The Labute approximate surface area is 87.7 Å². The summed E-state index contributed by atoms with van der Waals surface area (Å²) in [4.78, 5) is 4.39. The van der Waals surface area contributed by atoms with Gasteiger partial charge in [0, 0.05) is 22.6 Å². The summed E-state index contributed by atoms with van der Waals surface area (Å²) in [5, 5.41) is 0. The van der Waals surface area contributed by atoms with E-state index in [1.165, 1.54) is 5.56 Å². The molecule has 2 nitrogen and oxygen atoms in total. The van der Waals surface area contributed by atoms with E-state index in [4.69, 9.17) is 5.73 Å². The van der Waals surface area contributed by atoms with Crippen LogP contribution in [-0.4, -0.2) is 11.5 Å². The molecule has 2 N–H and O–H groups in total. The van der Waals surface area contributed by atoms with Crippen LogP contribution in [0.4, 0.5) is 0 Å². The first kappa shape index (κ1) is 10.7. The molecule has 0 atom stereocenters. The quantitative estimate of drug-likeness (QED) is 0.866. The fourth-order valence-corrected chi connectivity index (χ4v) is 1.79. The lowest BCUT2D eigenvalue weighted by Gasteiger charge is -2.23. The Balaban J connectivity index is 3.16. The van der Waals surface area contributed by atoms with Crippen LogP contribution in [0.2, 0.25) is 0 Å². The smallest absolute Gasteiger partial charge is 0.0502 e. The van der Waals surface area contributed by atoms with Gasteiger partial charge in [0.05, 0.1) is 5.69 Å². The van der Waals surface area contributed by atoms with E-state index in [2.05, 4.69) is 47.8 Å². The van der Waals surface area contributed by atoms with Crippen LogP contribution in [0.25, 0.3) is 0 Å². The third-order valence-corrected chi connectivity index (χ3v) is 2.63. The normalized spacial score (nSPS) is 11.8. The third-order valence-electron chi connectivity index (χ3n) is 2.20. The van der Waals surface area contributed by atoms with Crippen molar-refractivity contribution in [3.05, 3.63) is 28.0 Å². The molecule has 0 amide bonds. The molecule has 1 aromatic rings. The highest BCUT2D eigenvalue weighted by Gasteiger charge is 2.21. The Kier molecular flexibility index (Phi) is 3.09. The molecular formula is C10H15BrN2. The number of halogens is 1. The molecule has 0 saturated heterocycles. The molecule has 72 valence electrons. The van der Waals surface area contributed by atoms with Gasteiger partial charge in [-0.05, 0) is 34.5 Å². The van der Waals surface area contributed by atoms with Gasteiger partial charge in [0.25, 0.3) is 0 Å². The predicted molar refractivity (Wildman–Crippen MR) is 58.8 cm³/mol. The molecule has 0 aromatic carbocycles. The zero-order valence-corrected chi connectivity index (χ0v) is 9.85. The molecule has 0 unspecified atom stereocenters. The van der Waals surface area contributed by atoms with Crippen molar-refractivity contribution in [2.24, 2.45) is 5.73 Å². The van der Waals surface area contributed by atoms with Crippen LogP contribution >= 0.6 is 15.9 Å². The number of aromatic nitrogens is 1. The van der Waals surface area contributed by atoms with Crippen molar-refractivity contribution in [2.45, 2.75) is 26.2 Å². The van der Waals surface area contributed by atoms with Gasteiger partial charge < -0.3 is 5.73 Å². The zero-order valence-electron chi connectivity index (χ0n) is 8.26. The van der Waals surface area contributed by atoms with Crippen LogP contribution in [-0.2, 0) is 5.41 Å². The summed E-state index contributed by atoms with van der Waals surface area (Å²) in [6.45, 7) is 6.89. The highest BCUT2D eigenvalue weighted by atomic mass is 79.9. The van der Waals surface area contributed by atoms with Crippen LogP contribution in [0.15, 0.2) is 16.7 Å². The lowest BCUT2D eigenvalue weighted by atomic mass is 9.86. The Bertz CT molecular complexity index is 308. The molecule has 0 radical (unpaired) electrons. The van der Waals surface area contributed by atoms with Gasteiger partial charge in [0.2, 0.25) is 0 Å². The van der Waals surface area contributed by atoms with E-state index < -0.39 is 0 Å². The van der Waals surface area contributed by atoms with Crippen LogP contribution < -0.4 is 5.73 Å². The summed E-state index contributed by atoms with van der Waals surface area (Å²) < 4.78 is 1.02. The van der Waals surface area contributed by atoms with E-state index in [1.807, 2.05) is 6.20 Å². The van der Waals surface area contributed by atoms with Gasteiger partial charge in [-0.2, -0.15) is 0 Å². The number of rotatable bonds is 2. The lowest BCUT2D eigenvalue weighted by molar-refractivity contribution is 0.518. The monoisotopic (exact) mass is 242 g/mol. The Morgan fingerprint density at radius 3 is 2.62 bits per heavy atom. The van der Waals surface area contributed by atoms with Crippen molar-refractivity contribution >= 4 is 15.9 Å². The highest BCUT2D eigenvalue weighted by Crippen LogP contribution is 2.24. The number of aryl methyl sites for hydroxylation is 1. The Morgan fingerprint density at radius 1 is 1.54 bits per heavy atom. The van der Waals surface area contributed by atoms with Gasteiger partial charge >= 0.3 is 0 Å². The van der Waals surface area contributed by atoms with E-state index in [0.717, 1.165) is 10.2 Å². The maximum absolute atomic E-state index is 5.69. The molecule has 3 heteroatoms. The number of nitrogens with two attached hydrogens (primary N) is 1. The topological polar surface area (TPSA) is 38.9 Å². The summed E-state index contributed by atoms with van der Waals surface area (Å²) in [6.07, 6.45) is 1.82. The summed E-state index contributed by atoms with van der Waals surface area (Å²) in [5.41, 5.74) is 7.92. The Morgan fingerprint density at radius 2 is 2.15 bits per heavy atom. The number of nitrogens with zero attached hydrogens (tertiary/aromatic N) is 1. The Hall–Kier alpha value is -0.410. The number of hydrogen-bond donors (Lipinski definition) is 1. The molecule has 13 heavy (non-hydrogen) atoms. The SMILES string of the molecule is Cc1cc(Br)cnc1C(C)(C)CN. The molecule has 0 fully saturated rings. The highest BCUT2D eigenvalue weighted by molar-refractivity contribution is 9.10. The fourth-order valence-electron chi connectivity index (χ4n) is 1.35. The second kappa shape index (κ2) is 3.76. The standard InChI is InChI=1S/C10H15BrN2/c1-7-4-8(11)5-13-9(7)10(2,3)6-12/h4-5H,6,12H2,1-3H3. The summed E-state index contributed by atoms with van der Waals surface area (Å²) in [7, 11) is 0. The average molecular weight is 243 g/mol. The van der Waals surface area contributed by atoms with E-state index in [0.29, 0.717) is 6.54 Å².